The Morgan fingerprint density at radius 3 is 2.47 bits per heavy atom. The molecule has 6 heteroatoms. The molecule has 1 aliphatic carbocycles. The van der Waals surface area contributed by atoms with E-state index < -0.39 is 17.7 Å². The number of fused-ring (bicyclic) bond motifs is 1. The van der Waals surface area contributed by atoms with Crippen molar-refractivity contribution in [3.8, 4) is 0 Å². The van der Waals surface area contributed by atoms with Crippen LogP contribution in [0.25, 0.3) is 5.76 Å². The second-order valence-corrected chi connectivity index (χ2v) is 8.56. The van der Waals surface area contributed by atoms with Crippen molar-refractivity contribution in [1.29, 1.82) is 0 Å². The maximum Gasteiger partial charge on any atom is 0.300 e. The number of aryl methyl sites for hydroxylation is 2. The van der Waals surface area contributed by atoms with E-state index in [2.05, 4.69) is 4.98 Å². The van der Waals surface area contributed by atoms with E-state index in [1.165, 1.54) is 16.0 Å². The van der Waals surface area contributed by atoms with Crippen LogP contribution in [0.15, 0.2) is 72.6 Å². The fraction of sp³-hybridized carbons (Fsp3) is 0.192. The molecule has 2 aromatic carbocycles. The van der Waals surface area contributed by atoms with Crippen molar-refractivity contribution in [2.24, 2.45) is 0 Å². The van der Waals surface area contributed by atoms with Crippen LogP contribution in [0, 0.1) is 0 Å². The number of hydrogen-bond donors (Lipinski definition) is 1. The van der Waals surface area contributed by atoms with Gasteiger partial charge in [-0.2, -0.15) is 0 Å². The summed E-state index contributed by atoms with van der Waals surface area (Å²) < 4.78 is 0. The van der Waals surface area contributed by atoms with Crippen LogP contribution < -0.4 is 4.90 Å². The van der Waals surface area contributed by atoms with Gasteiger partial charge >= 0.3 is 0 Å². The number of benzene rings is 2. The van der Waals surface area contributed by atoms with Gasteiger partial charge in [-0.05, 0) is 78.8 Å². The van der Waals surface area contributed by atoms with E-state index in [4.69, 9.17) is 11.6 Å². The monoisotopic (exact) mass is 444 g/mol. The van der Waals surface area contributed by atoms with Crippen molar-refractivity contribution >= 4 is 34.7 Å². The first-order valence-corrected chi connectivity index (χ1v) is 11.0. The Balaban J connectivity index is 1.69. The Bertz CT molecular complexity index is 1250. The van der Waals surface area contributed by atoms with Crippen molar-refractivity contribution in [3.05, 3.63) is 99.8 Å². The average molecular weight is 445 g/mol. The molecule has 2 aliphatic rings. The zero-order valence-electron chi connectivity index (χ0n) is 17.3. The number of anilines is 1. The highest BCUT2D eigenvalue weighted by Crippen LogP contribution is 2.42. The summed E-state index contributed by atoms with van der Waals surface area (Å²) in [6.07, 6.45) is 7.44. The summed E-state index contributed by atoms with van der Waals surface area (Å²) in [5, 5.41) is 11.8. The highest BCUT2D eigenvalue weighted by molar-refractivity contribution is 6.51. The van der Waals surface area contributed by atoms with E-state index in [1.54, 1.807) is 48.8 Å². The number of nitrogens with zero attached hydrogens (tertiary/aromatic N) is 2. The zero-order valence-corrected chi connectivity index (χ0v) is 18.0. The number of aliphatic hydroxyl groups is 1. The van der Waals surface area contributed by atoms with E-state index in [0.29, 0.717) is 21.8 Å². The van der Waals surface area contributed by atoms with Gasteiger partial charge in [-0.15, -0.1) is 0 Å². The number of Topliss-reactive ketones (excluding diaryl/α,β-unsaturated/α-hetero) is 1. The zero-order chi connectivity index (χ0) is 22.2. The molecule has 1 unspecified atom stereocenters. The fourth-order valence-electron chi connectivity index (χ4n) is 4.62. The van der Waals surface area contributed by atoms with Gasteiger partial charge in [-0.1, -0.05) is 29.8 Å². The minimum Gasteiger partial charge on any atom is -0.507 e. The molecule has 1 fully saturated rings. The second kappa shape index (κ2) is 8.24. The summed E-state index contributed by atoms with van der Waals surface area (Å²) in [4.78, 5) is 31.8. The van der Waals surface area contributed by atoms with E-state index in [-0.39, 0.29) is 11.3 Å². The third-order valence-electron chi connectivity index (χ3n) is 6.17. The smallest absolute Gasteiger partial charge is 0.300 e. The number of aliphatic hydroxyl groups excluding tert-OH is 1. The minimum absolute atomic E-state index is 0.0666. The molecule has 1 amide bonds. The van der Waals surface area contributed by atoms with Gasteiger partial charge in [0, 0.05) is 28.7 Å². The first kappa shape index (κ1) is 20.5. The number of pyridine rings is 1. The van der Waals surface area contributed by atoms with Gasteiger partial charge in [0.25, 0.3) is 11.7 Å². The van der Waals surface area contributed by atoms with Crippen LogP contribution in [0.5, 0.6) is 0 Å². The summed E-state index contributed by atoms with van der Waals surface area (Å²) >= 11 is 6.17. The molecule has 32 heavy (non-hydrogen) atoms. The number of amides is 1. The van der Waals surface area contributed by atoms with Gasteiger partial charge in [0.2, 0.25) is 0 Å². The summed E-state index contributed by atoms with van der Waals surface area (Å²) in [7, 11) is 0. The topological polar surface area (TPSA) is 70.5 Å². The molecular formula is C26H21ClN2O3. The summed E-state index contributed by atoms with van der Waals surface area (Å²) in [5.74, 6) is -1.58. The second-order valence-electron chi connectivity index (χ2n) is 8.12. The van der Waals surface area contributed by atoms with E-state index >= 15 is 0 Å². The summed E-state index contributed by atoms with van der Waals surface area (Å²) in [5.41, 5.74) is 4.25. The number of carbonyl (C=O) groups excluding carboxylic acids is 2. The number of carbonyl (C=O) groups is 2. The van der Waals surface area contributed by atoms with Crippen LogP contribution >= 0.6 is 11.6 Å². The van der Waals surface area contributed by atoms with Crippen molar-refractivity contribution in [3.63, 3.8) is 0 Å². The maximum absolute atomic E-state index is 13.2. The van der Waals surface area contributed by atoms with E-state index in [0.717, 1.165) is 25.7 Å². The largest absolute Gasteiger partial charge is 0.507 e. The van der Waals surface area contributed by atoms with E-state index in [1.807, 2.05) is 18.2 Å². The Labute approximate surface area is 191 Å². The van der Waals surface area contributed by atoms with E-state index in [9.17, 15) is 14.7 Å². The minimum atomic E-state index is -0.785. The molecule has 2 heterocycles. The standard InChI is InChI=1S/C26H21ClN2O3/c27-20-6-3-7-21(15-20)29-23(17-10-12-28-13-11-17)22(25(31)26(29)32)24(30)19-9-8-16-4-1-2-5-18(16)14-19/h3,6-15,23,30H,1-2,4-5H2/b24-22-. The summed E-state index contributed by atoms with van der Waals surface area (Å²) in [6, 6.07) is 15.3. The number of aromatic nitrogens is 1. The average Bonchev–Trinajstić information content (AvgIpc) is 3.09. The summed E-state index contributed by atoms with van der Waals surface area (Å²) in [6.45, 7) is 0. The number of hydrogen-bond acceptors (Lipinski definition) is 4. The van der Waals surface area contributed by atoms with Gasteiger partial charge in [0.1, 0.15) is 5.76 Å². The Morgan fingerprint density at radius 2 is 1.72 bits per heavy atom. The predicted octanol–water partition coefficient (Wildman–Crippen LogP) is 5.24. The van der Waals surface area contributed by atoms with Crippen LogP contribution in [-0.2, 0) is 22.4 Å². The van der Waals surface area contributed by atoms with Crippen LogP contribution in [0.3, 0.4) is 0 Å². The van der Waals surface area contributed by atoms with Gasteiger partial charge in [-0.3, -0.25) is 19.5 Å². The molecule has 1 N–H and O–H groups in total. The van der Waals surface area contributed by atoms with Gasteiger partial charge in [0.05, 0.1) is 11.6 Å². The van der Waals surface area contributed by atoms with Crippen LogP contribution in [0.1, 0.15) is 41.1 Å². The molecule has 0 spiro atoms. The van der Waals surface area contributed by atoms with Crippen molar-refractivity contribution in [2.45, 2.75) is 31.7 Å². The molecule has 1 aromatic heterocycles. The Kier molecular flexibility index (Phi) is 5.27. The quantitative estimate of drug-likeness (QED) is 0.340. The van der Waals surface area contributed by atoms with Gasteiger partial charge < -0.3 is 5.11 Å². The van der Waals surface area contributed by atoms with Crippen LogP contribution in [0.4, 0.5) is 5.69 Å². The van der Waals surface area contributed by atoms with Gasteiger partial charge in [-0.25, -0.2) is 0 Å². The predicted molar refractivity (Wildman–Crippen MR) is 124 cm³/mol. The Morgan fingerprint density at radius 1 is 0.969 bits per heavy atom. The van der Waals surface area contributed by atoms with Crippen molar-refractivity contribution < 1.29 is 14.7 Å². The molecule has 3 aromatic rings. The molecule has 0 radical (unpaired) electrons. The number of halogens is 1. The first-order valence-electron chi connectivity index (χ1n) is 10.6. The lowest BCUT2D eigenvalue weighted by Crippen LogP contribution is -2.29. The lowest BCUT2D eigenvalue weighted by atomic mass is 9.89. The normalized spacial score (nSPS) is 19.8. The molecule has 0 bridgehead atoms. The van der Waals surface area contributed by atoms with Gasteiger partial charge in [0.15, 0.2) is 0 Å². The number of ketones is 1. The molecule has 5 rings (SSSR count). The highest BCUT2D eigenvalue weighted by Gasteiger charge is 2.47. The third kappa shape index (κ3) is 3.49. The molecular weight excluding hydrogens is 424 g/mol. The molecule has 5 nitrogen and oxygen atoms in total. The van der Waals surface area contributed by atoms with Crippen LogP contribution in [-0.4, -0.2) is 21.8 Å². The lowest BCUT2D eigenvalue weighted by Gasteiger charge is -2.25. The van der Waals surface area contributed by atoms with Crippen molar-refractivity contribution in [2.75, 3.05) is 4.90 Å². The number of rotatable bonds is 3. The molecule has 1 saturated heterocycles. The molecule has 1 atom stereocenters. The fourth-order valence-corrected chi connectivity index (χ4v) is 4.81. The lowest BCUT2D eigenvalue weighted by molar-refractivity contribution is -0.132. The molecule has 1 aliphatic heterocycles. The Hall–Kier alpha value is -3.44. The highest BCUT2D eigenvalue weighted by atomic mass is 35.5. The molecule has 0 saturated carbocycles. The first-order chi connectivity index (χ1) is 15.5. The third-order valence-corrected chi connectivity index (χ3v) is 6.41. The molecule has 160 valence electrons. The SMILES string of the molecule is O=C1C(=O)N(c2cccc(Cl)c2)C(c2ccncc2)/C1=C(/O)c1ccc2c(c1)CCCC2. The van der Waals surface area contributed by atoms with Crippen LogP contribution in [0.2, 0.25) is 5.02 Å². The van der Waals surface area contributed by atoms with Crippen molar-refractivity contribution in [1.82, 2.24) is 4.98 Å². The maximum atomic E-state index is 13.2.